The Morgan fingerprint density at radius 2 is 2.43 bits per heavy atom. The Morgan fingerprint density at radius 1 is 1.43 bits per heavy atom. The lowest BCUT2D eigenvalue weighted by molar-refractivity contribution is 0.474. The van der Waals surface area contributed by atoms with E-state index in [0.717, 1.165) is 19.6 Å². The number of hydrogen-bond donors (Lipinski definition) is 0. The number of hydrogen-bond acceptors (Lipinski definition) is 4. The highest BCUT2D eigenvalue weighted by Crippen LogP contribution is 2.38. The van der Waals surface area contributed by atoms with E-state index in [4.69, 9.17) is 0 Å². The van der Waals surface area contributed by atoms with Crippen LogP contribution in [-0.2, 0) is 0 Å². The first-order valence-electron chi connectivity index (χ1n) is 4.80. The van der Waals surface area contributed by atoms with E-state index in [2.05, 4.69) is 20.9 Å². The molecule has 72 valence electrons. The fourth-order valence-electron chi connectivity index (χ4n) is 1.83. The molecule has 1 saturated heterocycles. The van der Waals surface area contributed by atoms with E-state index in [1.165, 1.54) is 10.9 Å². The normalized spacial score (nSPS) is 25.0. The molecule has 3 heterocycles. The quantitative estimate of drug-likeness (QED) is 0.696. The van der Waals surface area contributed by atoms with Crippen molar-refractivity contribution in [3.05, 3.63) is 30.1 Å². The molecule has 0 aliphatic carbocycles. The zero-order valence-electron chi connectivity index (χ0n) is 7.76. The lowest BCUT2D eigenvalue weighted by Crippen LogP contribution is -2.21. The first kappa shape index (κ1) is 8.29. The molecule has 0 aromatic carbocycles. The van der Waals surface area contributed by atoms with E-state index < -0.39 is 0 Å². The maximum Gasteiger partial charge on any atom is 0.160 e. The van der Waals surface area contributed by atoms with Crippen LogP contribution < -0.4 is 0 Å². The molecule has 0 amide bonds. The van der Waals surface area contributed by atoms with Gasteiger partial charge in [-0.05, 0) is 12.1 Å². The summed E-state index contributed by atoms with van der Waals surface area (Å²) in [7, 11) is 0. The molecule has 0 N–H and O–H groups in total. The third-order valence-electron chi connectivity index (χ3n) is 2.54. The first-order valence-corrected chi connectivity index (χ1v) is 5.68. The van der Waals surface area contributed by atoms with Crippen LogP contribution in [0.25, 0.3) is 0 Å². The van der Waals surface area contributed by atoms with Crippen LogP contribution in [0.1, 0.15) is 10.9 Å². The van der Waals surface area contributed by atoms with Crippen molar-refractivity contribution in [2.75, 3.05) is 19.6 Å². The molecule has 3 rings (SSSR count). The number of aromatic nitrogens is 1. The van der Waals surface area contributed by atoms with E-state index in [9.17, 15) is 0 Å². The molecule has 0 bridgehead atoms. The summed E-state index contributed by atoms with van der Waals surface area (Å²) in [5.41, 5.74) is 1.18. The smallest absolute Gasteiger partial charge is 0.160 e. The van der Waals surface area contributed by atoms with Crippen molar-refractivity contribution in [2.45, 2.75) is 5.25 Å². The number of thioether (sulfide) groups is 1. The predicted molar refractivity (Wildman–Crippen MR) is 58.4 cm³/mol. The highest BCUT2D eigenvalue weighted by Gasteiger charge is 2.32. The molecule has 1 unspecified atom stereocenters. The monoisotopic (exact) mass is 205 g/mol. The molecule has 2 aliphatic heterocycles. The minimum Gasteiger partial charge on any atom is -0.348 e. The van der Waals surface area contributed by atoms with Gasteiger partial charge in [0.25, 0.3) is 0 Å². The fraction of sp³-hybridized carbons (Fsp3) is 0.400. The number of nitrogens with zero attached hydrogens (tertiary/aromatic N) is 3. The van der Waals surface area contributed by atoms with Crippen LogP contribution in [0.3, 0.4) is 0 Å². The molecular weight excluding hydrogens is 194 g/mol. The second-order valence-corrected chi connectivity index (χ2v) is 4.64. The highest BCUT2D eigenvalue weighted by molar-refractivity contribution is 8.14. The third kappa shape index (κ3) is 1.30. The number of aliphatic imine (C=N–C) groups is 1. The third-order valence-corrected chi connectivity index (χ3v) is 3.81. The van der Waals surface area contributed by atoms with Crippen LogP contribution >= 0.6 is 11.8 Å². The van der Waals surface area contributed by atoms with Crippen molar-refractivity contribution in [3.8, 4) is 0 Å². The van der Waals surface area contributed by atoms with Crippen molar-refractivity contribution in [1.82, 2.24) is 9.88 Å². The SMILES string of the molecule is c1ccc(C2CN3CCN=C3S2)nc1. The Hall–Kier alpha value is -1.03. The molecular formula is C10H11N3S. The van der Waals surface area contributed by atoms with Crippen LogP contribution in [0.5, 0.6) is 0 Å². The Morgan fingerprint density at radius 3 is 3.21 bits per heavy atom. The average Bonchev–Trinajstić information content (AvgIpc) is 2.78. The first-order chi connectivity index (χ1) is 6.93. The minimum absolute atomic E-state index is 0.482. The summed E-state index contributed by atoms with van der Waals surface area (Å²) in [6.45, 7) is 3.13. The number of fused-ring (bicyclic) bond motifs is 1. The summed E-state index contributed by atoms with van der Waals surface area (Å²) in [6, 6.07) is 6.11. The molecule has 3 nitrogen and oxygen atoms in total. The maximum atomic E-state index is 4.45. The molecule has 14 heavy (non-hydrogen) atoms. The molecule has 1 atom stereocenters. The summed E-state index contributed by atoms with van der Waals surface area (Å²) in [5.74, 6) is 0. The van der Waals surface area contributed by atoms with E-state index in [1.807, 2.05) is 30.1 Å². The average molecular weight is 205 g/mol. The molecule has 4 heteroatoms. The summed E-state index contributed by atoms with van der Waals surface area (Å²) >= 11 is 1.85. The van der Waals surface area contributed by atoms with Gasteiger partial charge in [-0.3, -0.25) is 9.98 Å². The Labute approximate surface area is 87.2 Å². The molecule has 0 radical (unpaired) electrons. The van der Waals surface area contributed by atoms with Gasteiger partial charge in [0, 0.05) is 19.3 Å². The van der Waals surface area contributed by atoms with Crippen LogP contribution in [0, 0.1) is 0 Å². The van der Waals surface area contributed by atoms with Gasteiger partial charge in [-0.2, -0.15) is 0 Å². The van der Waals surface area contributed by atoms with Crippen LogP contribution in [0.15, 0.2) is 29.4 Å². The summed E-state index contributed by atoms with van der Waals surface area (Å²) in [5, 5.41) is 1.69. The van der Waals surface area contributed by atoms with E-state index >= 15 is 0 Å². The summed E-state index contributed by atoms with van der Waals surface area (Å²) < 4.78 is 0. The predicted octanol–water partition coefficient (Wildman–Crippen LogP) is 1.54. The molecule has 0 saturated carbocycles. The van der Waals surface area contributed by atoms with Crippen molar-refractivity contribution >= 4 is 16.9 Å². The van der Waals surface area contributed by atoms with Gasteiger partial charge in [0.05, 0.1) is 17.5 Å². The van der Waals surface area contributed by atoms with Gasteiger partial charge in [-0.25, -0.2) is 0 Å². The molecule has 2 aliphatic rings. The van der Waals surface area contributed by atoms with E-state index in [0.29, 0.717) is 5.25 Å². The fourth-order valence-corrected chi connectivity index (χ4v) is 3.08. The largest absolute Gasteiger partial charge is 0.348 e. The second kappa shape index (κ2) is 3.28. The topological polar surface area (TPSA) is 28.5 Å². The van der Waals surface area contributed by atoms with Crippen LogP contribution in [0.2, 0.25) is 0 Å². The van der Waals surface area contributed by atoms with Crippen molar-refractivity contribution in [2.24, 2.45) is 4.99 Å². The Kier molecular flexibility index (Phi) is 1.94. The Bertz CT molecular complexity index is 363. The van der Waals surface area contributed by atoms with Crippen molar-refractivity contribution in [3.63, 3.8) is 0 Å². The van der Waals surface area contributed by atoms with Gasteiger partial charge in [-0.1, -0.05) is 17.8 Å². The maximum absolute atomic E-state index is 4.45. The van der Waals surface area contributed by atoms with Gasteiger partial charge < -0.3 is 4.90 Å². The van der Waals surface area contributed by atoms with Gasteiger partial charge in [0.1, 0.15) is 0 Å². The second-order valence-electron chi connectivity index (χ2n) is 3.47. The summed E-state index contributed by atoms with van der Waals surface area (Å²) in [6.07, 6.45) is 1.86. The van der Waals surface area contributed by atoms with Crippen molar-refractivity contribution < 1.29 is 0 Å². The number of amidine groups is 1. The Balaban J connectivity index is 1.83. The standard InChI is InChI=1S/C10H11N3S/c1-2-4-11-8(3-1)9-7-13-6-5-12-10(13)14-9/h1-4,9H,5-7H2. The molecule has 1 aromatic heterocycles. The minimum atomic E-state index is 0.482. The highest BCUT2D eigenvalue weighted by atomic mass is 32.2. The van der Waals surface area contributed by atoms with Gasteiger partial charge >= 0.3 is 0 Å². The van der Waals surface area contributed by atoms with Crippen LogP contribution in [-0.4, -0.2) is 34.7 Å². The van der Waals surface area contributed by atoms with E-state index in [-0.39, 0.29) is 0 Å². The van der Waals surface area contributed by atoms with Gasteiger partial charge in [0.2, 0.25) is 0 Å². The number of rotatable bonds is 1. The lowest BCUT2D eigenvalue weighted by Gasteiger charge is -2.10. The van der Waals surface area contributed by atoms with E-state index in [1.54, 1.807) is 0 Å². The summed E-state index contributed by atoms with van der Waals surface area (Å²) in [4.78, 5) is 11.2. The van der Waals surface area contributed by atoms with Crippen molar-refractivity contribution in [1.29, 1.82) is 0 Å². The zero-order valence-corrected chi connectivity index (χ0v) is 8.57. The lowest BCUT2D eigenvalue weighted by atomic mass is 10.2. The number of pyridine rings is 1. The molecule has 0 spiro atoms. The van der Waals surface area contributed by atoms with Gasteiger partial charge in [-0.15, -0.1) is 0 Å². The van der Waals surface area contributed by atoms with Gasteiger partial charge in [0.15, 0.2) is 5.17 Å². The molecule has 1 aromatic rings. The van der Waals surface area contributed by atoms with Crippen LogP contribution in [0.4, 0.5) is 0 Å². The molecule has 1 fully saturated rings. The zero-order chi connectivity index (χ0) is 9.38.